The van der Waals surface area contributed by atoms with E-state index in [2.05, 4.69) is 34.1 Å². The van der Waals surface area contributed by atoms with Crippen molar-refractivity contribution in [1.82, 2.24) is 9.88 Å². The summed E-state index contributed by atoms with van der Waals surface area (Å²) in [6, 6.07) is 14.7. The number of hydrogen-bond donors (Lipinski definition) is 1. The number of nitrogens with zero attached hydrogens (tertiary/aromatic N) is 2. The van der Waals surface area contributed by atoms with E-state index in [0.29, 0.717) is 5.82 Å². The standard InChI is InChI=1S/C17H21N3/c18-17-5-3-4-16(19-17)12-14-6-8-15(9-7-14)13-20-10-1-2-11-20/h3-9H,1-2,10-13H2,(H2,18,19). The van der Waals surface area contributed by atoms with Crippen LogP contribution in [-0.2, 0) is 13.0 Å². The predicted molar refractivity (Wildman–Crippen MR) is 82.4 cm³/mol. The van der Waals surface area contributed by atoms with Crippen LogP contribution in [0.3, 0.4) is 0 Å². The van der Waals surface area contributed by atoms with Gasteiger partial charge >= 0.3 is 0 Å². The number of hydrogen-bond acceptors (Lipinski definition) is 3. The highest BCUT2D eigenvalue weighted by Crippen LogP contribution is 2.15. The smallest absolute Gasteiger partial charge is 0.123 e. The molecule has 3 nitrogen and oxygen atoms in total. The molecule has 1 aliphatic heterocycles. The van der Waals surface area contributed by atoms with Gasteiger partial charge in [0.15, 0.2) is 0 Å². The first kappa shape index (κ1) is 13.1. The number of aromatic nitrogens is 1. The van der Waals surface area contributed by atoms with Gasteiger partial charge < -0.3 is 5.73 Å². The summed E-state index contributed by atoms with van der Waals surface area (Å²) in [6.45, 7) is 3.57. The highest BCUT2D eigenvalue weighted by molar-refractivity contribution is 5.32. The van der Waals surface area contributed by atoms with Crippen molar-refractivity contribution in [1.29, 1.82) is 0 Å². The summed E-state index contributed by atoms with van der Waals surface area (Å²) in [5.41, 5.74) is 9.42. The number of anilines is 1. The van der Waals surface area contributed by atoms with Crippen molar-refractivity contribution in [2.45, 2.75) is 25.8 Å². The Morgan fingerprint density at radius 3 is 2.35 bits per heavy atom. The molecule has 0 bridgehead atoms. The molecule has 20 heavy (non-hydrogen) atoms. The van der Waals surface area contributed by atoms with Crippen LogP contribution in [0.4, 0.5) is 5.82 Å². The molecule has 1 fully saturated rings. The Morgan fingerprint density at radius 1 is 0.950 bits per heavy atom. The lowest BCUT2D eigenvalue weighted by Gasteiger charge is -2.14. The van der Waals surface area contributed by atoms with Crippen molar-refractivity contribution in [3.63, 3.8) is 0 Å². The minimum atomic E-state index is 0.591. The molecule has 1 saturated heterocycles. The molecule has 0 aliphatic carbocycles. The third-order valence-corrected chi connectivity index (χ3v) is 3.84. The van der Waals surface area contributed by atoms with Crippen LogP contribution in [0.15, 0.2) is 42.5 Å². The van der Waals surface area contributed by atoms with Gasteiger partial charge in [0, 0.05) is 18.7 Å². The molecule has 1 aromatic heterocycles. The molecule has 104 valence electrons. The SMILES string of the molecule is Nc1cccc(Cc2ccc(CN3CCCC3)cc2)n1. The highest BCUT2D eigenvalue weighted by Gasteiger charge is 2.11. The average molecular weight is 267 g/mol. The summed E-state index contributed by atoms with van der Waals surface area (Å²) >= 11 is 0. The maximum absolute atomic E-state index is 5.71. The maximum atomic E-state index is 5.71. The van der Waals surface area contributed by atoms with Crippen LogP contribution in [0.25, 0.3) is 0 Å². The lowest BCUT2D eigenvalue weighted by atomic mass is 10.1. The van der Waals surface area contributed by atoms with Crippen molar-refractivity contribution in [3.05, 3.63) is 59.3 Å². The topological polar surface area (TPSA) is 42.1 Å². The van der Waals surface area contributed by atoms with Gasteiger partial charge in [-0.1, -0.05) is 30.3 Å². The molecule has 3 rings (SSSR count). The second-order valence-electron chi connectivity index (χ2n) is 5.53. The Morgan fingerprint density at radius 2 is 1.65 bits per heavy atom. The summed E-state index contributed by atoms with van der Waals surface area (Å²) in [5.74, 6) is 0.591. The molecule has 0 amide bonds. The molecule has 3 heteroatoms. The molecule has 0 saturated carbocycles. The first-order valence-corrected chi connectivity index (χ1v) is 7.31. The fourth-order valence-corrected chi connectivity index (χ4v) is 2.77. The summed E-state index contributed by atoms with van der Waals surface area (Å²) in [7, 11) is 0. The zero-order chi connectivity index (χ0) is 13.8. The van der Waals surface area contributed by atoms with Crippen molar-refractivity contribution in [3.8, 4) is 0 Å². The van der Waals surface area contributed by atoms with Crippen LogP contribution >= 0.6 is 0 Å². The van der Waals surface area contributed by atoms with E-state index in [9.17, 15) is 0 Å². The minimum absolute atomic E-state index is 0.591. The van der Waals surface area contributed by atoms with Gasteiger partial charge in [-0.25, -0.2) is 4.98 Å². The maximum Gasteiger partial charge on any atom is 0.123 e. The van der Waals surface area contributed by atoms with E-state index in [4.69, 9.17) is 5.73 Å². The number of likely N-dealkylation sites (tertiary alicyclic amines) is 1. The Labute approximate surface area is 120 Å². The van der Waals surface area contributed by atoms with Crippen molar-refractivity contribution in [2.75, 3.05) is 18.8 Å². The Bertz CT molecular complexity index is 557. The molecule has 0 atom stereocenters. The number of nitrogen functional groups attached to an aromatic ring is 1. The van der Waals surface area contributed by atoms with E-state index in [1.165, 1.54) is 37.1 Å². The van der Waals surface area contributed by atoms with Crippen LogP contribution in [0.2, 0.25) is 0 Å². The molecule has 2 heterocycles. The summed E-state index contributed by atoms with van der Waals surface area (Å²) in [6.07, 6.45) is 3.54. The highest BCUT2D eigenvalue weighted by atomic mass is 15.1. The fraction of sp³-hybridized carbons (Fsp3) is 0.353. The van der Waals surface area contributed by atoms with Crippen LogP contribution in [-0.4, -0.2) is 23.0 Å². The van der Waals surface area contributed by atoms with E-state index in [1.54, 1.807) is 0 Å². The summed E-state index contributed by atoms with van der Waals surface area (Å²) in [4.78, 5) is 6.87. The van der Waals surface area contributed by atoms with Gasteiger partial charge in [0.2, 0.25) is 0 Å². The quantitative estimate of drug-likeness (QED) is 0.926. The van der Waals surface area contributed by atoms with Gasteiger partial charge in [0.25, 0.3) is 0 Å². The molecule has 1 aromatic carbocycles. The zero-order valence-electron chi connectivity index (χ0n) is 11.8. The van der Waals surface area contributed by atoms with E-state index in [-0.39, 0.29) is 0 Å². The number of benzene rings is 1. The van der Waals surface area contributed by atoms with Crippen molar-refractivity contribution < 1.29 is 0 Å². The van der Waals surface area contributed by atoms with Gasteiger partial charge in [-0.05, 0) is 49.2 Å². The van der Waals surface area contributed by atoms with Gasteiger partial charge in [-0.3, -0.25) is 4.90 Å². The zero-order valence-corrected chi connectivity index (χ0v) is 11.8. The molecular formula is C17H21N3. The normalized spacial score (nSPS) is 15.6. The Balaban J connectivity index is 1.63. The van der Waals surface area contributed by atoms with Crippen LogP contribution < -0.4 is 5.73 Å². The number of nitrogens with two attached hydrogens (primary N) is 1. The summed E-state index contributed by atoms with van der Waals surface area (Å²) in [5, 5.41) is 0. The number of rotatable bonds is 4. The van der Waals surface area contributed by atoms with E-state index < -0.39 is 0 Å². The molecular weight excluding hydrogens is 246 g/mol. The fourth-order valence-electron chi connectivity index (χ4n) is 2.77. The Kier molecular flexibility index (Phi) is 3.97. The van der Waals surface area contributed by atoms with Crippen LogP contribution in [0.1, 0.15) is 29.7 Å². The molecule has 0 radical (unpaired) electrons. The molecule has 0 spiro atoms. The van der Waals surface area contributed by atoms with E-state index >= 15 is 0 Å². The Hall–Kier alpha value is -1.87. The summed E-state index contributed by atoms with van der Waals surface area (Å²) < 4.78 is 0. The molecule has 1 aliphatic rings. The second-order valence-corrected chi connectivity index (χ2v) is 5.53. The number of pyridine rings is 1. The largest absolute Gasteiger partial charge is 0.384 e. The minimum Gasteiger partial charge on any atom is -0.384 e. The van der Waals surface area contributed by atoms with Crippen LogP contribution in [0.5, 0.6) is 0 Å². The second kappa shape index (κ2) is 6.06. The van der Waals surface area contributed by atoms with Gasteiger partial charge in [-0.15, -0.1) is 0 Å². The lowest BCUT2D eigenvalue weighted by molar-refractivity contribution is 0.331. The van der Waals surface area contributed by atoms with Gasteiger partial charge in [-0.2, -0.15) is 0 Å². The van der Waals surface area contributed by atoms with Gasteiger partial charge in [0.1, 0.15) is 5.82 Å². The molecule has 2 N–H and O–H groups in total. The van der Waals surface area contributed by atoms with Crippen LogP contribution in [0, 0.1) is 0 Å². The molecule has 2 aromatic rings. The van der Waals surface area contributed by atoms with Crippen molar-refractivity contribution >= 4 is 5.82 Å². The predicted octanol–water partition coefficient (Wildman–Crippen LogP) is 2.85. The van der Waals surface area contributed by atoms with E-state index in [0.717, 1.165) is 18.7 Å². The average Bonchev–Trinajstić information content (AvgIpc) is 2.94. The third kappa shape index (κ3) is 3.36. The third-order valence-electron chi connectivity index (χ3n) is 3.84. The lowest BCUT2D eigenvalue weighted by Crippen LogP contribution is -2.18. The molecule has 0 unspecified atom stereocenters. The first-order chi connectivity index (χ1) is 9.79. The van der Waals surface area contributed by atoms with Gasteiger partial charge in [0.05, 0.1) is 0 Å². The first-order valence-electron chi connectivity index (χ1n) is 7.31. The monoisotopic (exact) mass is 267 g/mol. The van der Waals surface area contributed by atoms with E-state index in [1.807, 2.05) is 18.2 Å². The van der Waals surface area contributed by atoms with Crippen molar-refractivity contribution in [2.24, 2.45) is 0 Å².